The van der Waals surface area contributed by atoms with Crippen molar-refractivity contribution in [2.24, 2.45) is 0 Å². The molecule has 0 amide bonds. The zero-order valence-electron chi connectivity index (χ0n) is 8.69. The Morgan fingerprint density at radius 2 is 1.40 bits per heavy atom. The van der Waals surface area contributed by atoms with Crippen LogP contribution >= 0.6 is 11.3 Å². The van der Waals surface area contributed by atoms with Gasteiger partial charge in [-0.2, -0.15) is 0 Å². The van der Waals surface area contributed by atoms with Crippen molar-refractivity contribution in [3.8, 4) is 11.5 Å². The second-order valence-corrected chi connectivity index (χ2v) is 5.24. The predicted molar refractivity (Wildman–Crippen MR) is 60.9 cm³/mol. The highest BCUT2D eigenvalue weighted by atomic mass is 32.1. The van der Waals surface area contributed by atoms with Crippen molar-refractivity contribution in [1.82, 2.24) is 0 Å². The van der Waals surface area contributed by atoms with Gasteiger partial charge in [-0.1, -0.05) is 12.2 Å². The summed E-state index contributed by atoms with van der Waals surface area (Å²) in [6.45, 7) is 4.14. The van der Waals surface area contributed by atoms with Crippen molar-refractivity contribution in [1.29, 1.82) is 0 Å². The Morgan fingerprint density at radius 3 is 1.87 bits per heavy atom. The fourth-order valence-electron chi connectivity index (χ4n) is 1.97. The van der Waals surface area contributed by atoms with Crippen molar-refractivity contribution < 1.29 is 9.47 Å². The molecule has 0 spiro atoms. The maximum atomic E-state index is 5.93. The highest BCUT2D eigenvalue weighted by Crippen LogP contribution is 2.45. The predicted octanol–water partition coefficient (Wildman–Crippen LogP) is 3.00. The molecule has 15 heavy (non-hydrogen) atoms. The zero-order valence-corrected chi connectivity index (χ0v) is 9.51. The summed E-state index contributed by atoms with van der Waals surface area (Å²) in [5.74, 6) is 1.86. The monoisotopic (exact) mass is 220 g/mol. The van der Waals surface area contributed by atoms with Gasteiger partial charge in [0.1, 0.15) is 0 Å². The third kappa shape index (κ3) is 1.30. The second-order valence-electron chi connectivity index (χ2n) is 3.81. The third-order valence-electron chi connectivity index (χ3n) is 2.70. The first kappa shape index (κ1) is 9.04. The van der Waals surface area contributed by atoms with Crippen LogP contribution in [0.4, 0.5) is 0 Å². The van der Waals surface area contributed by atoms with Crippen LogP contribution in [0.25, 0.3) is 0 Å². The van der Waals surface area contributed by atoms with E-state index in [1.165, 1.54) is 9.75 Å². The van der Waals surface area contributed by atoms with Gasteiger partial charge in [0, 0.05) is 9.75 Å². The van der Waals surface area contributed by atoms with Gasteiger partial charge in [-0.3, -0.25) is 0 Å². The number of fused-ring (bicyclic) bond motifs is 2. The molecule has 3 heteroatoms. The van der Waals surface area contributed by atoms with E-state index in [1.807, 2.05) is 24.3 Å². The fourth-order valence-corrected chi connectivity index (χ4v) is 2.89. The number of thiophene rings is 1. The van der Waals surface area contributed by atoms with E-state index in [1.54, 1.807) is 11.3 Å². The van der Waals surface area contributed by atoms with Crippen LogP contribution in [0.5, 0.6) is 11.5 Å². The maximum Gasteiger partial charge on any atom is 0.176 e. The molecule has 0 fully saturated rings. The first-order valence-corrected chi connectivity index (χ1v) is 5.85. The lowest BCUT2D eigenvalue weighted by Crippen LogP contribution is -2.37. The van der Waals surface area contributed by atoms with Gasteiger partial charge in [0.25, 0.3) is 0 Å². The maximum absolute atomic E-state index is 5.93. The van der Waals surface area contributed by atoms with Crippen LogP contribution in [0.2, 0.25) is 0 Å². The number of hydrogen-bond donors (Lipinski definition) is 0. The third-order valence-corrected chi connectivity index (χ3v) is 3.68. The molecule has 0 N–H and O–H groups in total. The van der Waals surface area contributed by atoms with E-state index in [-0.39, 0.29) is 12.2 Å². The van der Waals surface area contributed by atoms with E-state index >= 15 is 0 Å². The summed E-state index contributed by atoms with van der Waals surface area (Å²) in [4.78, 5) is 2.40. The first-order valence-electron chi connectivity index (χ1n) is 5.04. The molecule has 2 aliphatic rings. The summed E-state index contributed by atoms with van der Waals surface area (Å²) in [5.41, 5.74) is 0. The minimum absolute atomic E-state index is 0.0372. The van der Waals surface area contributed by atoms with Gasteiger partial charge < -0.3 is 9.47 Å². The average molecular weight is 220 g/mol. The normalized spacial score (nSPS) is 26.5. The summed E-state index contributed by atoms with van der Waals surface area (Å²) in [6, 6.07) is 0. The molecule has 3 rings (SSSR count). The Balaban J connectivity index is 2.05. The molecule has 0 aromatic carbocycles. The summed E-state index contributed by atoms with van der Waals surface area (Å²) in [5, 5.41) is 0. The summed E-state index contributed by atoms with van der Waals surface area (Å²) < 4.78 is 11.9. The quantitative estimate of drug-likeness (QED) is 0.669. The number of hydrogen-bond acceptors (Lipinski definition) is 3. The molecule has 0 radical (unpaired) electrons. The van der Waals surface area contributed by atoms with Crippen LogP contribution in [0.1, 0.15) is 9.75 Å². The molecule has 1 aliphatic carbocycles. The van der Waals surface area contributed by atoms with Crippen molar-refractivity contribution in [2.45, 2.75) is 26.1 Å². The highest BCUT2D eigenvalue weighted by Gasteiger charge is 2.32. The lowest BCUT2D eigenvalue weighted by Gasteiger charge is -2.31. The van der Waals surface area contributed by atoms with Crippen molar-refractivity contribution >= 4 is 11.3 Å². The van der Waals surface area contributed by atoms with Gasteiger partial charge in [-0.05, 0) is 26.0 Å². The molecule has 1 aromatic heterocycles. The van der Waals surface area contributed by atoms with Crippen LogP contribution in [-0.4, -0.2) is 12.2 Å². The Kier molecular flexibility index (Phi) is 1.89. The van der Waals surface area contributed by atoms with E-state index in [4.69, 9.17) is 9.47 Å². The van der Waals surface area contributed by atoms with E-state index in [9.17, 15) is 0 Å². The number of aryl methyl sites for hydroxylation is 2. The number of ether oxygens (including phenoxy) is 2. The molecular formula is C12H12O2S. The largest absolute Gasteiger partial charge is 0.477 e. The Morgan fingerprint density at radius 1 is 0.933 bits per heavy atom. The van der Waals surface area contributed by atoms with Gasteiger partial charge in [0.2, 0.25) is 0 Å². The Bertz CT molecular complexity index is 416. The van der Waals surface area contributed by atoms with Crippen molar-refractivity contribution in [3.63, 3.8) is 0 Å². The topological polar surface area (TPSA) is 18.5 Å². The molecule has 78 valence electrons. The van der Waals surface area contributed by atoms with E-state index in [2.05, 4.69) is 13.8 Å². The van der Waals surface area contributed by atoms with Gasteiger partial charge in [-0.25, -0.2) is 0 Å². The van der Waals surface area contributed by atoms with Crippen LogP contribution in [0.3, 0.4) is 0 Å². The standard InChI is InChI=1S/C12H12O2S/c1-7-11-12(8(2)15-7)14-10-6-4-3-5-9(10)13-11/h3-6,9-10H,1-2H3. The number of rotatable bonds is 0. The lowest BCUT2D eigenvalue weighted by atomic mass is 10.1. The molecule has 1 aromatic rings. The first-order chi connectivity index (χ1) is 7.25. The molecular weight excluding hydrogens is 208 g/mol. The van der Waals surface area contributed by atoms with Gasteiger partial charge >= 0.3 is 0 Å². The van der Waals surface area contributed by atoms with Gasteiger partial charge in [-0.15, -0.1) is 11.3 Å². The average Bonchev–Trinajstić information content (AvgIpc) is 2.52. The molecule has 0 saturated heterocycles. The summed E-state index contributed by atoms with van der Waals surface area (Å²) in [6.07, 6.45) is 8.17. The highest BCUT2D eigenvalue weighted by molar-refractivity contribution is 7.12. The summed E-state index contributed by atoms with van der Waals surface area (Å²) >= 11 is 1.73. The Hall–Kier alpha value is -1.22. The van der Waals surface area contributed by atoms with Gasteiger partial charge in [0.15, 0.2) is 23.7 Å². The molecule has 2 unspecified atom stereocenters. The van der Waals surface area contributed by atoms with Gasteiger partial charge in [0.05, 0.1) is 0 Å². The molecule has 2 heterocycles. The molecule has 2 nitrogen and oxygen atoms in total. The van der Waals surface area contributed by atoms with Crippen molar-refractivity contribution in [3.05, 3.63) is 34.1 Å². The van der Waals surface area contributed by atoms with E-state index in [0.717, 1.165) is 11.5 Å². The SMILES string of the molecule is Cc1sc(C)c2c1OC1C=CC=CC1O2. The Labute approximate surface area is 92.8 Å². The second kappa shape index (κ2) is 3.14. The molecule has 0 saturated carbocycles. The lowest BCUT2D eigenvalue weighted by molar-refractivity contribution is 0.0756. The fraction of sp³-hybridized carbons (Fsp3) is 0.333. The molecule has 2 atom stereocenters. The smallest absolute Gasteiger partial charge is 0.176 e. The van der Waals surface area contributed by atoms with Crippen LogP contribution in [-0.2, 0) is 0 Å². The van der Waals surface area contributed by atoms with E-state index in [0.29, 0.717) is 0 Å². The minimum atomic E-state index is 0.0372. The zero-order chi connectivity index (χ0) is 10.4. The van der Waals surface area contributed by atoms with Crippen LogP contribution < -0.4 is 9.47 Å². The minimum Gasteiger partial charge on any atom is -0.477 e. The number of allylic oxidation sites excluding steroid dienone is 2. The van der Waals surface area contributed by atoms with Crippen LogP contribution in [0.15, 0.2) is 24.3 Å². The van der Waals surface area contributed by atoms with Crippen LogP contribution in [0, 0.1) is 13.8 Å². The molecule has 1 aliphatic heterocycles. The molecule has 0 bridgehead atoms. The van der Waals surface area contributed by atoms with Crippen molar-refractivity contribution in [2.75, 3.05) is 0 Å². The van der Waals surface area contributed by atoms with E-state index < -0.39 is 0 Å². The summed E-state index contributed by atoms with van der Waals surface area (Å²) in [7, 11) is 0.